The molecule has 1 aliphatic heterocycles. The van der Waals surface area contributed by atoms with Gasteiger partial charge < -0.3 is 10.6 Å². The van der Waals surface area contributed by atoms with E-state index in [4.69, 9.17) is 5.26 Å². The van der Waals surface area contributed by atoms with E-state index in [1.54, 1.807) is 18.2 Å². The second kappa shape index (κ2) is 6.18. The second-order valence-corrected chi connectivity index (χ2v) is 4.56. The Hall–Kier alpha value is -1.86. The highest BCUT2D eigenvalue weighted by Crippen LogP contribution is 2.15. The van der Waals surface area contributed by atoms with Gasteiger partial charge in [-0.15, -0.1) is 0 Å². The summed E-state index contributed by atoms with van der Waals surface area (Å²) in [7, 11) is 0. The molecule has 0 radical (unpaired) electrons. The maximum atomic E-state index is 11.9. The Morgan fingerprint density at radius 1 is 1.44 bits per heavy atom. The van der Waals surface area contributed by atoms with Crippen LogP contribution in [0, 0.1) is 11.3 Å². The van der Waals surface area contributed by atoms with Crippen molar-refractivity contribution in [1.82, 2.24) is 5.32 Å². The minimum atomic E-state index is -0.0305. The summed E-state index contributed by atoms with van der Waals surface area (Å²) in [6.45, 7) is 0.993. The number of nitrogens with one attached hydrogen (secondary N) is 2. The van der Waals surface area contributed by atoms with Gasteiger partial charge in [0.05, 0.1) is 11.3 Å². The SMILES string of the molecule is N#Cc1ccccc1NC(=O)CC1CCCCN1. The third-order valence-corrected chi connectivity index (χ3v) is 3.17. The molecule has 1 aromatic carbocycles. The number of hydrogen-bond acceptors (Lipinski definition) is 3. The molecule has 4 heteroatoms. The fraction of sp³-hybridized carbons (Fsp3) is 0.429. The number of nitriles is 1. The van der Waals surface area contributed by atoms with Crippen molar-refractivity contribution in [3.63, 3.8) is 0 Å². The molecular formula is C14H17N3O. The minimum Gasteiger partial charge on any atom is -0.325 e. The van der Waals surface area contributed by atoms with Gasteiger partial charge in [0.1, 0.15) is 6.07 Å². The number of carbonyl (C=O) groups is 1. The van der Waals surface area contributed by atoms with Crippen LogP contribution in [0.25, 0.3) is 0 Å². The zero-order valence-corrected chi connectivity index (χ0v) is 10.3. The van der Waals surface area contributed by atoms with Gasteiger partial charge in [0, 0.05) is 12.5 Å². The molecule has 1 saturated heterocycles. The van der Waals surface area contributed by atoms with Gasteiger partial charge in [-0.3, -0.25) is 4.79 Å². The molecule has 1 aliphatic rings. The highest BCUT2D eigenvalue weighted by atomic mass is 16.1. The summed E-state index contributed by atoms with van der Waals surface area (Å²) < 4.78 is 0. The van der Waals surface area contributed by atoms with Gasteiger partial charge in [-0.1, -0.05) is 18.6 Å². The number of para-hydroxylation sites is 1. The smallest absolute Gasteiger partial charge is 0.225 e. The van der Waals surface area contributed by atoms with Crippen molar-refractivity contribution >= 4 is 11.6 Å². The molecule has 0 bridgehead atoms. The van der Waals surface area contributed by atoms with E-state index in [9.17, 15) is 4.79 Å². The monoisotopic (exact) mass is 243 g/mol. The molecule has 18 heavy (non-hydrogen) atoms. The van der Waals surface area contributed by atoms with Gasteiger partial charge in [0.2, 0.25) is 5.91 Å². The topological polar surface area (TPSA) is 64.9 Å². The molecule has 2 rings (SSSR count). The second-order valence-electron chi connectivity index (χ2n) is 4.56. The predicted octanol–water partition coefficient (Wildman–Crippen LogP) is 2.03. The summed E-state index contributed by atoms with van der Waals surface area (Å²) in [5, 5.41) is 15.1. The molecule has 94 valence electrons. The van der Waals surface area contributed by atoms with Gasteiger partial charge in [-0.05, 0) is 31.5 Å². The molecule has 2 N–H and O–H groups in total. The van der Waals surface area contributed by atoms with Crippen LogP contribution in [0.5, 0.6) is 0 Å². The number of nitrogens with zero attached hydrogens (tertiary/aromatic N) is 1. The number of hydrogen-bond donors (Lipinski definition) is 2. The molecule has 1 unspecified atom stereocenters. The Labute approximate surface area is 107 Å². The third-order valence-electron chi connectivity index (χ3n) is 3.17. The fourth-order valence-corrected chi connectivity index (χ4v) is 2.21. The third kappa shape index (κ3) is 3.31. The Morgan fingerprint density at radius 2 is 2.28 bits per heavy atom. The van der Waals surface area contributed by atoms with Crippen molar-refractivity contribution in [3.8, 4) is 6.07 Å². The highest BCUT2D eigenvalue weighted by Gasteiger charge is 2.16. The molecule has 0 aromatic heterocycles. The number of rotatable bonds is 3. The zero-order valence-electron chi connectivity index (χ0n) is 10.3. The van der Waals surface area contributed by atoms with E-state index in [-0.39, 0.29) is 11.9 Å². The molecular weight excluding hydrogens is 226 g/mol. The molecule has 1 heterocycles. The van der Waals surface area contributed by atoms with E-state index in [1.165, 1.54) is 12.8 Å². The van der Waals surface area contributed by atoms with Crippen molar-refractivity contribution < 1.29 is 4.79 Å². The van der Waals surface area contributed by atoms with Gasteiger partial charge in [-0.2, -0.15) is 5.26 Å². The van der Waals surface area contributed by atoms with Crippen LogP contribution in [0.1, 0.15) is 31.2 Å². The van der Waals surface area contributed by atoms with Crippen molar-refractivity contribution in [2.75, 3.05) is 11.9 Å². The summed E-state index contributed by atoms with van der Waals surface area (Å²) in [6.07, 6.45) is 3.89. The number of amides is 1. The first-order valence-corrected chi connectivity index (χ1v) is 6.32. The molecule has 1 fully saturated rings. The van der Waals surface area contributed by atoms with Gasteiger partial charge in [-0.25, -0.2) is 0 Å². The average Bonchev–Trinajstić information content (AvgIpc) is 2.40. The maximum absolute atomic E-state index is 11.9. The van der Waals surface area contributed by atoms with Crippen molar-refractivity contribution in [3.05, 3.63) is 29.8 Å². The standard InChI is InChI=1S/C14H17N3O/c15-10-11-5-1-2-7-13(11)17-14(18)9-12-6-3-4-8-16-12/h1-2,5,7,12,16H,3-4,6,8-9H2,(H,17,18). The van der Waals surface area contributed by atoms with Crippen molar-refractivity contribution in [2.24, 2.45) is 0 Å². The number of anilines is 1. The Bertz CT molecular complexity index is 458. The van der Waals surface area contributed by atoms with Crippen LogP contribution in [-0.4, -0.2) is 18.5 Å². The fourth-order valence-electron chi connectivity index (χ4n) is 2.21. The molecule has 4 nitrogen and oxygen atoms in total. The first-order valence-electron chi connectivity index (χ1n) is 6.32. The molecule has 1 aromatic rings. The summed E-state index contributed by atoms with van der Waals surface area (Å²) in [5.41, 5.74) is 1.10. The Balaban J connectivity index is 1.92. The average molecular weight is 243 g/mol. The number of carbonyl (C=O) groups excluding carboxylic acids is 1. The summed E-state index contributed by atoms with van der Waals surface area (Å²) in [4.78, 5) is 11.9. The van der Waals surface area contributed by atoms with Gasteiger partial charge >= 0.3 is 0 Å². The lowest BCUT2D eigenvalue weighted by atomic mass is 10.0. The number of benzene rings is 1. The lowest BCUT2D eigenvalue weighted by molar-refractivity contribution is -0.116. The summed E-state index contributed by atoms with van der Waals surface area (Å²) in [6, 6.07) is 9.41. The van der Waals surface area contributed by atoms with Gasteiger partial charge in [0.25, 0.3) is 0 Å². The molecule has 0 spiro atoms. The van der Waals surface area contributed by atoms with Crippen LogP contribution < -0.4 is 10.6 Å². The van der Waals surface area contributed by atoms with E-state index in [1.807, 2.05) is 6.07 Å². The van der Waals surface area contributed by atoms with Crippen molar-refractivity contribution in [2.45, 2.75) is 31.7 Å². The van der Waals surface area contributed by atoms with Crippen molar-refractivity contribution in [1.29, 1.82) is 5.26 Å². The maximum Gasteiger partial charge on any atom is 0.225 e. The summed E-state index contributed by atoms with van der Waals surface area (Å²) in [5.74, 6) is -0.0305. The van der Waals surface area contributed by atoms with E-state index < -0.39 is 0 Å². The zero-order chi connectivity index (χ0) is 12.8. The molecule has 1 amide bonds. The van der Waals surface area contributed by atoms with E-state index in [0.29, 0.717) is 17.7 Å². The lowest BCUT2D eigenvalue weighted by Gasteiger charge is -2.22. The van der Waals surface area contributed by atoms with Crippen LogP contribution in [0.4, 0.5) is 5.69 Å². The van der Waals surface area contributed by atoms with Crippen LogP contribution in [0.3, 0.4) is 0 Å². The normalized spacial score (nSPS) is 18.9. The molecule has 0 saturated carbocycles. The van der Waals surface area contributed by atoms with E-state index >= 15 is 0 Å². The van der Waals surface area contributed by atoms with E-state index in [0.717, 1.165) is 13.0 Å². The Morgan fingerprint density at radius 3 is 3.00 bits per heavy atom. The van der Waals surface area contributed by atoms with Crippen LogP contribution in [0.2, 0.25) is 0 Å². The highest BCUT2D eigenvalue weighted by molar-refractivity contribution is 5.92. The minimum absolute atomic E-state index is 0.0305. The largest absolute Gasteiger partial charge is 0.325 e. The number of piperidine rings is 1. The first-order chi connectivity index (χ1) is 8.79. The first kappa shape index (κ1) is 12.6. The van der Waals surface area contributed by atoms with Crippen LogP contribution in [0.15, 0.2) is 24.3 Å². The van der Waals surface area contributed by atoms with Crippen LogP contribution >= 0.6 is 0 Å². The van der Waals surface area contributed by atoms with Crippen LogP contribution in [-0.2, 0) is 4.79 Å². The molecule has 0 aliphatic carbocycles. The summed E-state index contributed by atoms with van der Waals surface area (Å²) >= 11 is 0. The van der Waals surface area contributed by atoms with E-state index in [2.05, 4.69) is 16.7 Å². The van der Waals surface area contributed by atoms with Gasteiger partial charge in [0.15, 0.2) is 0 Å². The predicted molar refractivity (Wildman–Crippen MR) is 70.0 cm³/mol. The Kier molecular flexibility index (Phi) is 4.32. The lowest BCUT2D eigenvalue weighted by Crippen LogP contribution is -2.37. The molecule has 1 atom stereocenters. The quantitative estimate of drug-likeness (QED) is 0.853.